The molecule has 0 bridgehead atoms. The van der Waals surface area contributed by atoms with E-state index in [1.807, 2.05) is 18.2 Å². The summed E-state index contributed by atoms with van der Waals surface area (Å²) in [4.78, 5) is 16.1. The van der Waals surface area contributed by atoms with Gasteiger partial charge in [-0.1, -0.05) is 0 Å². The molecule has 0 aliphatic rings. The summed E-state index contributed by atoms with van der Waals surface area (Å²) in [6, 6.07) is 5.55. The average molecular weight is 266 g/mol. The molecule has 1 aromatic carbocycles. The Morgan fingerprint density at radius 1 is 1.44 bits per heavy atom. The minimum absolute atomic E-state index is 0.174. The van der Waals surface area contributed by atoms with Crippen LogP contribution in [0, 0.1) is 0 Å². The number of nitrogens with zero attached hydrogens (tertiary/aromatic N) is 1. The van der Waals surface area contributed by atoms with Crippen molar-refractivity contribution in [2.24, 2.45) is 0 Å². The molecule has 1 N–H and O–H groups in total. The molecule has 96 valence electrons. The van der Waals surface area contributed by atoms with Crippen molar-refractivity contribution in [1.82, 2.24) is 10.3 Å². The van der Waals surface area contributed by atoms with Crippen LogP contribution in [0.1, 0.15) is 9.80 Å². The van der Waals surface area contributed by atoms with E-state index < -0.39 is 0 Å². The van der Waals surface area contributed by atoms with E-state index >= 15 is 0 Å². The Morgan fingerprint density at radius 2 is 2.28 bits per heavy atom. The Morgan fingerprint density at radius 3 is 3.00 bits per heavy atom. The third kappa shape index (κ3) is 2.77. The van der Waals surface area contributed by atoms with Crippen LogP contribution in [0.2, 0.25) is 0 Å². The molecule has 1 amide bonds. The third-order valence-corrected chi connectivity index (χ3v) is 3.40. The SMILES string of the molecule is COCCNC(=O)c1nc2ccc(OC)cc2s1. The number of aromatic nitrogens is 1. The second-order valence-corrected chi connectivity index (χ2v) is 4.63. The molecule has 0 aliphatic carbocycles. The number of carbonyl (C=O) groups is 1. The monoisotopic (exact) mass is 266 g/mol. The van der Waals surface area contributed by atoms with Crippen molar-refractivity contribution in [3.05, 3.63) is 23.2 Å². The Bertz CT molecular complexity index is 553. The number of amides is 1. The first kappa shape index (κ1) is 12.8. The average Bonchev–Trinajstić information content (AvgIpc) is 2.81. The first-order valence-electron chi connectivity index (χ1n) is 5.46. The van der Waals surface area contributed by atoms with E-state index in [-0.39, 0.29) is 5.91 Å². The predicted molar refractivity (Wildman–Crippen MR) is 70.4 cm³/mol. The van der Waals surface area contributed by atoms with Gasteiger partial charge >= 0.3 is 0 Å². The number of benzene rings is 1. The van der Waals surface area contributed by atoms with E-state index in [2.05, 4.69) is 10.3 Å². The molecule has 0 aliphatic heterocycles. The second kappa shape index (κ2) is 5.79. The normalized spacial score (nSPS) is 10.6. The largest absolute Gasteiger partial charge is 0.497 e. The van der Waals surface area contributed by atoms with Gasteiger partial charge in [-0.05, 0) is 18.2 Å². The van der Waals surface area contributed by atoms with Crippen LogP contribution in [0.25, 0.3) is 10.2 Å². The fourth-order valence-electron chi connectivity index (χ4n) is 1.47. The topological polar surface area (TPSA) is 60.5 Å². The molecule has 0 fully saturated rings. The number of rotatable bonds is 5. The summed E-state index contributed by atoms with van der Waals surface area (Å²) in [5.41, 5.74) is 0.803. The van der Waals surface area contributed by atoms with Gasteiger partial charge in [-0.25, -0.2) is 4.98 Å². The van der Waals surface area contributed by atoms with Crippen molar-refractivity contribution in [1.29, 1.82) is 0 Å². The Hall–Kier alpha value is -1.66. The minimum atomic E-state index is -0.174. The van der Waals surface area contributed by atoms with Crippen LogP contribution in [0.3, 0.4) is 0 Å². The van der Waals surface area contributed by atoms with Crippen molar-refractivity contribution in [2.45, 2.75) is 0 Å². The molecule has 6 heteroatoms. The van der Waals surface area contributed by atoms with Crippen molar-refractivity contribution in [3.63, 3.8) is 0 Å². The zero-order valence-corrected chi connectivity index (χ0v) is 11.0. The smallest absolute Gasteiger partial charge is 0.280 e. The molecule has 0 saturated heterocycles. The van der Waals surface area contributed by atoms with E-state index in [4.69, 9.17) is 9.47 Å². The maximum Gasteiger partial charge on any atom is 0.280 e. The van der Waals surface area contributed by atoms with Crippen LogP contribution >= 0.6 is 11.3 Å². The van der Waals surface area contributed by atoms with Gasteiger partial charge in [-0.2, -0.15) is 0 Å². The number of hydrogen-bond acceptors (Lipinski definition) is 5. The van der Waals surface area contributed by atoms with Crippen LogP contribution in [0.15, 0.2) is 18.2 Å². The lowest BCUT2D eigenvalue weighted by Crippen LogP contribution is -2.26. The second-order valence-electron chi connectivity index (χ2n) is 3.60. The molecule has 0 saturated carbocycles. The Labute approximate surface area is 109 Å². The number of methoxy groups -OCH3 is 2. The van der Waals surface area contributed by atoms with Gasteiger partial charge in [0, 0.05) is 13.7 Å². The first-order chi connectivity index (χ1) is 8.74. The van der Waals surface area contributed by atoms with Crippen LogP contribution < -0.4 is 10.1 Å². The Kier molecular flexibility index (Phi) is 4.11. The summed E-state index contributed by atoms with van der Waals surface area (Å²) in [5.74, 6) is 0.588. The first-order valence-corrected chi connectivity index (χ1v) is 6.28. The lowest BCUT2D eigenvalue weighted by molar-refractivity contribution is 0.0937. The van der Waals surface area contributed by atoms with Gasteiger partial charge in [0.15, 0.2) is 5.01 Å². The zero-order valence-electron chi connectivity index (χ0n) is 10.2. The molecular weight excluding hydrogens is 252 g/mol. The maximum atomic E-state index is 11.8. The van der Waals surface area contributed by atoms with Crippen molar-refractivity contribution < 1.29 is 14.3 Å². The van der Waals surface area contributed by atoms with E-state index in [0.29, 0.717) is 18.2 Å². The fourth-order valence-corrected chi connectivity index (χ4v) is 2.38. The molecule has 5 nitrogen and oxygen atoms in total. The van der Waals surface area contributed by atoms with Crippen LogP contribution in [-0.2, 0) is 4.74 Å². The van der Waals surface area contributed by atoms with Crippen LogP contribution in [0.4, 0.5) is 0 Å². The lowest BCUT2D eigenvalue weighted by Gasteiger charge is -2.00. The summed E-state index contributed by atoms with van der Waals surface area (Å²) in [5, 5.41) is 3.20. The summed E-state index contributed by atoms with van der Waals surface area (Å²) >= 11 is 1.35. The summed E-state index contributed by atoms with van der Waals surface area (Å²) in [6.07, 6.45) is 0. The number of fused-ring (bicyclic) bond motifs is 1. The molecular formula is C12H14N2O3S. The summed E-state index contributed by atoms with van der Waals surface area (Å²) in [7, 11) is 3.21. The lowest BCUT2D eigenvalue weighted by atomic mass is 10.3. The van der Waals surface area contributed by atoms with Crippen molar-refractivity contribution in [3.8, 4) is 5.75 Å². The number of thiazole rings is 1. The number of nitrogens with one attached hydrogen (secondary N) is 1. The van der Waals surface area contributed by atoms with Crippen LogP contribution in [-0.4, -0.2) is 38.3 Å². The highest BCUT2D eigenvalue weighted by Gasteiger charge is 2.11. The van der Waals surface area contributed by atoms with Gasteiger partial charge in [0.25, 0.3) is 5.91 Å². The molecule has 1 heterocycles. The molecule has 0 spiro atoms. The quantitative estimate of drug-likeness (QED) is 0.836. The van der Waals surface area contributed by atoms with Crippen LogP contribution in [0.5, 0.6) is 5.75 Å². The Balaban J connectivity index is 2.16. The van der Waals surface area contributed by atoms with E-state index in [9.17, 15) is 4.79 Å². The molecule has 0 unspecified atom stereocenters. The molecule has 18 heavy (non-hydrogen) atoms. The van der Waals surface area contributed by atoms with Crippen molar-refractivity contribution >= 4 is 27.5 Å². The third-order valence-electron chi connectivity index (χ3n) is 2.38. The number of hydrogen-bond donors (Lipinski definition) is 1. The van der Waals surface area contributed by atoms with Gasteiger partial charge in [0.2, 0.25) is 0 Å². The predicted octanol–water partition coefficient (Wildman–Crippen LogP) is 1.68. The highest BCUT2D eigenvalue weighted by molar-refractivity contribution is 7.20. The highest BCUT2D eigenvalue weighted by Crippen LogP contribution is 2.26. The van der Waals surface area contributed by atoms with Gasteiger partial charge in [-0.3, -0.25) is 4.79 Å². The van der Waals surface area contributed by atoms with Gasteiger partial charge in [0.1, 0.15) is 5.75 Å². The number of ether oxygens (including phenoxy) is 2. The fraction of sp³-hybridized carbons (Fsp3) is 0.333. The summed E-state index contributed by atoms with van der Waals surface area (Å²) < 4.78 is 10.9. The molecule has 0 atom stereocenters. The van der Waals surface area contributed by atoms with Gasteiger partial charge in [-0.15, -0.1) is 11.3 Å². The van der Waals surface area contributed by atoms with Gasteiger partial charge < -0.3 is 14.8 Å². The van der Waals surface area contributed by atoms with Gasteiger partial charge in [0.05, 0.1) is 23.9 Å². The van der Waals surface area contributed by atoms with E-state index in [1.165, 1.54) is 11.3 Å². The van der Waals surface area contributed by atoms with E-state index in [1.54, 1.807) is 14.2 Å². The molecule has 2 rings (SSSR count). The molecule has 1 aromatic heterocycles. The van der Waals surface area contributed by atoms with Crippen molar-refractivity contribution in [2.75, 3.05) is 27.4 Å². The minimum Gasteiger partial charge on any atom is -0.497 e. The maximum absolute atomic E-state index is 11.8. The molecule has 0 radical (unpaired) electrons. The zero-order chi connectivity index (χ0) is 13.0. The molecule has 2 aromatic rings. The standard InChI is InChI=1S/C12H14N2O3S/c1-16-6-5-13-11(15)12-14-9-4-3-8(17-2)7-10(9)18-12/h3-4,7H,5-6H2,1-2H3,(H,13,15). The number of carbonyl (C=O) groups excluding carboxylic acids is 1. The summed E-state index contributed by atoms with van der Waals surface area (Å²) in [6.45, 7) is 0.971. The highest BCUT2D eigenvalue weighted by atomic mass is 32.1. The van der Waals surface area contributed by atoms with E-state index in [0.717, 1.165) is 16.0 Å².